The van der Waals surface area contributed by atoms with Crippen molar-refractivity contribution in [3.8, 4) is 0 Å². The number of hydrogen-bond acceptors (Lipinski definition) is 2. The Morgan fingerprint density at radius 3 is 2.68 bits per heavy atom. The van der Waals surface area contributed by atoms with Crippen LogP contribution in [0.4, 0.5) is 5.69 Å². The molecule has 1 heterocycles. The van der Waals surface area contributed by atoms with E-state index in [-0.39, 0.29) is 0 Å². The molecule has 1 saturated heterocycles. The molecule has 0 amide bonds. The van der Waals surface area contributed by atoms with Crippen LogP contribution < -0.4 is 4.90 Å². The van der Waals surface area contributed by atoms with Crippen molar-refractivity contribution in [3.63, 3.8) is 0 Å². The molecule has 1 fully saturated rings. The Bertz CT molecular complexity index is 421. The highest BCUT2D eigenvalue weighted by molar-refractivity contribution is 9.10. The lowest BCUT2D eigenvalue weighted by Crippen LogP contribution is -2.37. The summed E-state index contributed by atoms with van der Waals surface area (Å²) >= 11 is 9.55. The van der Waals surface area contributed by atoms with Crippen LogP contribution in [0.3, 0.4) is 0 Å². The van der Waals surface area contributed by atoms with Crippen molar-refractivity contribution >= 4 is 33.2 Å². The van der Waals surface area contributed by atoms with E-state index in [1.54, 1.807) is 0 Å². The number of rotatable bonds is 5. The van der Waals surface area contributed by atoms with Crippen LogP contribution in [0.25, 0.3) is 0 Å². The van der Waals surface area contributed by atoms with Gasteiger partial charge in [-0.3, -0.25) is 4.90 Å². The topological polar surface area (TPSA) is 6.48 Å². The van der Waals surface area contributed by atoms with E-state index in [4.69, 9.17) is 11.6 Å². The molecule has 0 spiro atoms. The SMILES string of the molecule is CCN(CC)C1CCN(c2ccc(CCl)cc2Br)C1. The van der Waals surface area contributed by atoms with Crippen molar-refractivity contribution in [2.75, 3.05) is 31.1 Å². The normalized spacial score (nSPS) is 19.4. The first-order chi connectivity index (χ1) is 9.19. The number of alkyl halides is 1. The van der Waals surface area contributed by atoms with Gasteiger partial charge < -0.3 is 4.90 Å². The van der Waals surface area contributed by atoms with Gasteiger partial charge in [0.1, 0.15) is 0 Å². The van der Waals surface area contributed by atoms with Gasteiger partial charge in [0.05, 0.1) is 5.69 Å². The molecule has 1 aromatic carbocycles. The van der Waals surface area contributed by atoms with Gasteiger partial charge in [-0.1, -0.05) is 19.9 Å². The lowest BCUT2D eigenvalue weighted by molar-refractivity contribution is 0.232. The highest BCUT2D eigenvalue weighted by atomic mass is 79.9. The fraction of sp³-hybridized carbons (Fsp3) is 0.600. The van der Waals surface area contributed by atoms with Gasteiger partial charge in [0, 0.05) is 29.5 Å². The van der Waals surface area contributed by atoms with Crippen molar-refractivity contribution in [2.45, 2.75) is 32.2 Å². The zero-order valence-electron chi connectivity index (χ0n) is 11.7. The Morgan fingerprint density at radius 1 is 1.37 bits per heavy atom. The average molecular weight is 346 g/mol. The van der Waals surface area contributed by atoms with E-state index in [2.05, 4.69) is 57.8 Å². The third-order valence-corrected chi connectivity index (χ3v) is 4.94. The standard InChI is InChI=1S/C15H22BrClN2/c1-3-18(4-2)13-7-8-19(11-13)15-6-5-12(10-17)9-14(15)16/h5-6,9,13H,3-4,7-8,10-11H2,1-2H3. The van der Waals surface area contributed by atoms with Gasteiger partial charge in [0.2, 0.25) is 0 Å². The smallest absolute Gasteiger partial charge is 0.0511 e. The fourth-order valence-electron chi connectivity index (χ4n) is 2.89. The molecule has 1 aliphatic rings. The second-order valence-electron chi connectivity index (χ2n) is 5.03. The van der Waals surface area contributed by atoms with Crippen LogP contribution in [0.2, 0.25) is 0 Å². The molecule has 1 unspecified atom stereocenters. The second-order valence-corrected chi connectivity index (χ2v) is 6.15. The van der Waals surface area contributed by atoms with Gasteiger partial charge in [-0.2, -0.15) is 0 Å². The summed E-state index contributed by atoms with van der Waals surface area (Å²) in [6.45, 7) is 9.04. The van der Waals surface area contributed by atoms with E-state index in [1.807, 2.05) is 0 Å². The maximum absolute atomic E-state index is 5.87. The molecule has 1 aromatic rings. The zero-order valence-corrected chi connectivity index (χ0v) is 14.0. The Balaban J connectivity index is 2.08. The summed E-state index contributed by atoms with van der Waals surface area (Å²) in [5, 5.41) is 0. The molecule has 0 aromatic heterocycles. The molecule has 106 valence electrons. The van der Waals surface area contributed by atoms with Gasteiger partial charge >= 0.3 is 0 Å². The summed E-state index contributed by atoms with van der Waals surface area (Å²) in [6.07, 6.45) is 1.26. The first-order valence-corrected chi connectivity index (χ1v) is 8.35. The zero-order chi connectivity index (χ0) is 13.8. The molecule has 1 aliphatic heterocycles. The lowest BCUT2D eigenvalue weighted by atomic mass is 10.2. The fourth-order valence-corrected chi connectivity index (χ4v) is 3.73. The Labute approximate surface area is 129 Å². The van der Waals surface area contributed by atoms with Crippen molar-refractivity contribution in [1.82, 2.24) is 4.90 Å². The van der Waals surface area contributed by atoms with E-state index in [1.165, 1.54) is 12.1 Å². The van der Waals surface area contributed by atoms with Crippen molar-refractivity contribution in [1.29, 1.82) is 0 Å². The van der Waals surface area contributed by atoms with Gasteiger partial charge in [-0.25, -0.2) is 0 Å². The highest BCUT2D eigenvalue weighted by Gasteiger charge is 2.27. The van der Waals surface area contributed by atoms with Crippen molar-refractivity contribution in [3.05, 3.63) is 28.2 Å². The minimum absolute atomic E-state index is 0.570. The Kier molecular flexibility index (Phi) is 5.55. The molecule has 2 nitrogen and oxygen atoms in total. The van der Waals surface area contributed by atoms with Gasteiger partial charge in [-0.15, -0.1) is 11.6 Å². The molecular weight excluding hydrogens is 324 g/mol. The summed E-state index contributed by atoms with van der Waals surface area (Å²) in [5.74, 6) is 0.570. The Morgan fingerprint density at radius 2 is 2.11 bits per heavy atom. The van der Waals surface area contributed by atoms with Gasteiger partial charge in [0.25, 0.3) is 0 Å². The molecule has 4 heteroatoms. The number of hydrogen-bond donors (Lipinski definition) is 0. The summed E-state index contributed by atoms with van der Waals surface area (Å²) in [5.41, 5.74) is 2.46. The molecule has 1 atom stereocenters. The third-order valence-electron chi connectivity index (χ3n) is 4.00. The van der Waals surface area contributed by atoms with Crippen molar-refractivity contribution < 1.29 is 0 Å². The Hall–Kier alpha value is -0.250. The van der Waals surface area contributed by atoms with Crippen LogP contribution in [0.15, 0.2) is 22.7 Å². The maximum Gasteiger partial charge on any atom is 0.0511 e. The summed E-state index contributed by atoms with van der Waals surface area (Å²) in [7, 11) is 0. The number of anilines is 1. The quantitative estimate of drug-likeness (QED) is 0.741. The monoisotopic (exact) mass is 344 g/mol. The molecule has 0 radical (unpaired) electrons. The van der Waals surface area contributed by atoms with Crippen molar-refractivity contribution in [2.24, 2.45) is 0 Å². The molecule has 0 aliphatic carbocycles. The summed E-state index contributed by atoms with van der Waals surface area (Å²) < 4.78 is 1.16. The average Bonchev–Trinajstić information content (AvgIpc) is 2.89. The van der Waals surface area contributed by atoms with Gasteiger partial charge in [-0.05, 0) is 53.1 Å². The van der Waals surface area contributed by atoms with Crippen LogP contribution in [-0.2, 0) is 5.88 Å². The minimum atomic E-state index is 0.570. The second kappa shape index (κ2) is 6.96. The first-order valence-electron chi connectivity index (χ1n) is 7.03. The maximum atomic E-state index is 5.87. The van der Waals surface area contributed by atoms with Crippen LogP contribution in [0.5, 0.6) is 0 Å². The molecular formula is C15H22BrClN2. The minimum Gasteiger partial charge on any atom is -0.369 e. The van der Waals surface area contributed by atoms with Crippen LogP contribution in [0.1, 0.15) is 25.8 Å². The largest absolute Gasteiger partial charge is 0.369 e. The van der Waals surface area contributed by atoms with E-state index >= 15 is 0 Å². The number of nitrogens with zero attached hydrogens (tertiary/aromatic N) is 2. The van der Waals surface area contributed by atoms with E-state index in [0.717, 1.165) is 36.2 Å². The summed E-state index contributed by atoms with van der Waals surface area (Å²) in [4.78, 5) is 5.03. The van der Waals surface area contributed by atoms with E-state index < -0.39 is 0 Å². The first kappa shape index (κ1) is 15.1. The van der Waals surface area contributed by atoms with E-state index in [0.29, 0.717) is 11.9 Å². The third kappa shape index (κ3) is 3.45. The van der Waals surface area contributed by atoms with Crippen LogP contribution in [0, 0.1) is 0 Å². The molecule has 19 heavy (non-hydrogen) atoms. The molecule has 2 rings (SSSR count). The van der Waals surface area contributed by atoms with Crippen LogP contribution in [-0.4, -0.2) is 37.1 Å². The summed E-state index contributed by atoms with van der Waals surface area (Å²) in [6, 6.07) is 7.13. The molecule has 0 saturated carbocycles. The highest BCUT2D eigenvalue weighted by Crippen LogP contribution is 2.31. The predicted molar refractivity (Wildman–Crippen MR) is 87.2 cm³/mol. The predicted octanol–water partition coefficient (Wildman–Crippen LogP) is 4.11. The van der Waals surface area contributed by atoms with Gasteiger partial charge in [0.15, 0.2) is 0 Å². The molecule has 0 N–H and O–H groups in total. The molecule has 0 bridgehead atoms. The number of likely N-dealkylation sites (N-methyl/N-ethyl adjacent to an activating group) is 1. The number of benzene rings is 1. The lowest BCUT2D eigenvalue weighted by Gasteiger charge is -2.27. The van der Waals surface area contributed by atoms with Crippen LogP contribution >= 0.6 is 27.5 Å². The van der Waals surface area contributed by atoms with E-state index in [9.17, 15) is 0 Å². The number of halogens is 2.